The maximum Gasteiger partial charge on any atom is 0.119 e. The number of allylic oxidation sites excluding steroid dienone is 5. The van der Waals surface area contributed by atoms with Crippen LogP contribution in [0.4, 0.5) is 0 Å². The van der Waals surface area contributed by atoms with E-state index in [1.807, 2.05) is 13.1 Å². The van der Waals surface area contributed by atoms with E-state index >= 15 is 0 Å². The summed E-state index contributed by atoms with van der Waals surface area (Å²) in [5.74, 6) is 1.08. The normalized spacial score (nSPS) is 16.8. The monoisotopic (exact) mass is 458 g/mol. The van der Waals surface area contributed by atoms with Gasteiger partial charge in [0.05, 0.1) is 22.1 Å². The summed E-state index contributed by atoms with van der Waals surface area (Å²) in [4.78, 5) is 0. The molecule has 1 N–H and O–H groups in total. The maximum absolute atomic E-state index is 6.67. The van der Waals surface area contributed by atoms with Crippen molar-refractivity contribution < 1.29 is 4.74 Å². The first-order valence-corrected chi connectivity index (χ1v) is 12.2. The average molecular weight is 459 g/mol. The highest BCUT2D eigenvalue weighted by atomic mass is 35.5. The van der Waals surface area contributed by atoms with Crippen molar-refractivity contribution in [2.75, 3.05) is 20.2 Å². The van der Waals surface area contributed by atoms with Crippen molar-refractivity contribution >= 4 is 34.1 Å². The molecule has 0 radical (unpaired) electrons. The lowest BCUT2D eigenvalue weighted by molar-refractivity contribution is 0.205. The van der Waals surface area contributed by atoms with E-state index in [9.17, 15) is 0 Å². The van der Waals surface area contributed by atoms with E-state index in [0.29, 0.717) is 16.7 Å². The molecule has 1 aromatic carbocycles. The van der Waals surface area contributed by atoms with Gasteiger partial charge in [-0.1, -0.05) is 47.8 Å². The van der Waals surface area contributed by atoms with Crippen LogP contribution in [0, 0.1) is 6.92 Å². The van der Waals surface area contributed by atoms with Gasteiger partial charge in [0.25, 0.3) is 0 Å². The number of likely N-dealkylation sites (N-methyl/N-ethyl adjacent to an activating group) is 1. The van der Waals surface area contributed by atoms with Crippen LogP contribution in [0.15, 0.2) is 47.3 Å². The van der Waals surface area contributed by atoms with Gasteiger partial charge in [-0.3, -0.25) is 0 Å². The topological polar surface area (TPSA) is 26.2 Å². The SMILES string of the molecule is CNCCc1c(C)n(CCOC2=CCC=CC3=C2CCCCC3)c2c(Cl)c(Cl)ccc12. The molecule has 0 saturated carbocycles. The molecule has 2 aromatic rings. The number of aromatic nitrogens is 1. The van der Waals surface area contributed by atoms with Crippen molar-refractivity contribution in [3.63, 3.8) is 0 Å². The Bertz CT molecular complexity index is 1050. The van der Waals surface area contributed by atoms with Gasteiger partial charge in [0, 0.05) is 11.1 Å². The van der Waals surface area contributed by atoms with Crippen LogP contribution in [0.2, 0.25) is 10.0 Å². The molecule has 5 heteroatoms. The Kier molecular flexibility index (Phi) is 7.47. The summed E-state index contributed by atoms with van der Waals surface area (Å²) >= 11 is 13.1. The molecule has 0 spiro atoms. The number of fused-ring (bicyclic) bond motifs is 1. The number of nitrogens with zero attached hydrogens (tertiary/aromatic N) is 1. The predicted octanol–water partition coefficient (Wildman–Crippen LogP) is 7.14. The fourth-order valence-electron chi connectivity index (χ4n) is 4.89. The van der Waals surface area contributed by atoms with Crippen LogP contribution in [-0.2, 0) is 17.7 Å². The zero-order valence-corrected chi connectivity index (χ0v) is 20.1. The molecule has 2 aliphatic carbocycles. The van der Waals surface area contributed by atoms with Crippen LogP contribution < -0.4 is 5.32 Å². The van der Waals surface area contributed by atoms with Crippen LogP contribution in [-0.4, -0.2) is 24.8 Å². The Morgan fingerprint density at radius 1 is 1.13 bits per heavy atom. The van der Waals surface area contributed by atoms with E-state index in [0.717, 1.165) is 50.0 Å². The summed E-state index contributed by atoms with van der Waals surface area (Å²) in [7, 11) is 1.98. The van der Waals surface area contributed by atoms with Crippen LogP contribution in [0.5, 0.6) is 0 Å². The summed E-state index contributed by atoms with van der Waals surface area (Å²) in [5.41, 5.74) is 6.47. The van der Waals surface area contributed by atoms with Crippen molar-refractivity contribution in [1.82, 2.24) is 9.88 Å². The molecule has 0 atom stereocenters. The maximum atomic E-state index is 6.67. The van der Waals surface area contributed by atoms with Gasteiger partial charge in [-0.25, -0.2) is 0 Å². The molecule has 0 bridgehead atoms. The molecule has 1 heterocycles. The minimum absolute atomic E-state index is 0.597. The quantitative estimate of drug-likeness (QED) is 0.476. The van der Waals surface area contributed by atoms with Crippen molar-refractivity contribution in [2.24, 2.45) is 0 Å². The van der Waals surface area contributed by atoms with Crippen LogP contribution >= 0.6 is 23.2 Å². The summed E-state index contributed by atoms with van der Waals surface area (Å²) < 4.78 is 8.69. The number of hydrogen-bond acceptors (Lipinski definition) is 2. The van der Waals surface area contributed by atoms with Gasteiger partial charge in [0.1, 0.15) is 12.4 Å². The Hall–Kier alpha value is -1.68. The molecular weight excluding hydrogens is 427 g/mol. The van der Waals surface area contributed by atoms with Gasteiger partial charge in [0.2, 0.25) is 0 Å². The van der Waals surface area contributed by atoms with E-state index in [1.165, 1.54) is 47.1 Å². The molecule has 1 aromatic heterocycles. The highest BCUT2D eigenvalue weighted by Crippen LogP contribution is 2.36. The van der Waals surface area contributed by atoms with Gasteiger partial charge in [-0.05, 0) is 87.9 Å². The molecule has 4 rings (SSSR count). The van der Waals surface area contributed by atoms with E-state index < -0.39 is 0 Å². The molecule has 3 nitrogen and oxygen atoms in total. The van der Waals surface area contributed by atoms with Gasteiger partial charge < -0.3 is 14.6 Å². The number of ether oxygens (including phenoxy) is 1. The molecular formula is C26H32Cl2N2O. The lowest BCUT2D eigenvalue weighted by atomic mass is 10.0. The van der Waals surface area contributed by atoms with Gasteiger partial charge in [-0.15, -0.1) is 0 Å². The van der Waals surface area contributed by atoms with E-state index in [-0.39, 0.29) is 0 Å². The zero-order chi connectivity index (χ0) is 21.8. The van der Waals surface area contributed by atoms with E-state index in [4.69, 9.17) is 27.9 Å². The lowest BCUT2D eigenvalue weighted by Crippen LogP contribution is -2.12. The molecule has 2 aliphatic rings. The van der Waals surface area contributed by atoms with E-state index in [2.05, 4.69) is 41.1 Å². The number of hydrogen-bond donors (Lipinski definition) is 1. The third kappa shape index (κ3) is 4.74. The summed E-state index contributed by atoms with van der Waals surface area (Å²) in [6, 6.07) is 4.00. The summed E-state index contributed by atoms with van der Waals surface area (Å²) in [5, 5.41) is 5.67. The molecule has 0 saturated heterocycles. The number of halogens is 2. The van der Waals surface area contributed by atoms with Crippen LogP contribution in [0.3, 0.4) is 0 Å². The first-order valence-electron chi connectivity index (χ1n) is 11.4. The van der Waals surface area contributed by atoms with Gasteiger partial charge in [-0.2, -0.15) is 0 Å². The highest BCUT2D eigenvalue weighted by molar-refractivity contribution is 6.45. The first-order chi connectivity index (χ1) is 15.1. The molecule has 166 valence electrons. The Morgan fingerprint density at radius 3 is 2.81 bits per heavy atom. The second-order valence-corrected chi connectivity index (χ2v) is 9.23. The number of nitrogens with one attached hydrogen (secondary N) is 1. The van der Waals surface area contributed by atoms with Crippen molar-refractivity contribution in [2.45, 2.75) is 58.4 Å². The van der Waals surface area contributed by atoms with Crippen molar-refractivity contribution in [3.05, 3.63) is 68.6 Å². The molecule has 31 heavy (non-hydrogen) atoms. The van der Waals surface area contributed by atoms with Crippen molar-refractivity contribution in [1.29, 1.82) is 0 Å². The largest absolute Gasteiger partial charge is 0.492 e. The second kappa shape index (κ2) is 10.3. The Morgan fingerprint density at radius 2 is 1.97 bits per heavy atom. The molecule has 0 amide bonds. The summed E-state index contributed by atoms with van der Waals surface area (Å²) in [6.07, 6.45) is 14.8. The van der Waals surface area contributed by atoms with Crippen molar-refractivity contribution in [3.8, 4) is 0 Å². The highest BCUT2D eigenvalue weighted by Gasteiger charge is 2.19. The standard InChI is InChI=1S/C26H32Cl2N2O/c1-18-20(14-15-29-2)22-12-13-23(27)25(28)26(22)30(18)16-17-31-24-11-7-6-9-19-8-4-3-5-10-21(19)24/h6,9,11-13,29H,3-5,7-8,10,14-17H2,1-2H3. The smallest absolute Gasteiger partial charge is 0.119 e. The fraction of sp³-hybridized carbons (Fsp3) is 0.462. The lowest BCUT2D eigenvalue weighted by Gasteiger charge is -2.17. The fourth-order valence-corrected chi connectivity index (χ4v) is 5.31. The molecule has 0 unspecified atom stereocenters. The Labute approximate surface area is 195 Å². The van der Waals surface area contributed by atoms with Gasteiger partial charge in [0.15, 0.2) is 0 Å². The molecule has 0 fully saturated rings. The minimum Gasteiger partial charge on any atom is -0.492 e. The molecule has 0 aliphatic heterocycles. The van der Waals surface area contributed by atoms with E-state index in [1.54, 1.807) is 0 Å². The zero-order valence-electron chi connectivity index (χ0n) is 18.6. The summed E-state index contributed by atoms with van der Waals surface area (Å²) in [6.45, 7) is 4.46. The number of benzene rings is 1. The predicted molar refractivity (Wildman–Crippen MR) is 132 cm³/mol. The van der Waals surface area contributed by atoms with Crippen LogP contribution in [0.25, 0.3) is 10.9 Å². The second-order valence-electron chi connectivity index (χ2n) is 8.45. The third-order valence-corrected chi connectivity index (χ3v) is 7.31. The third-order valence-electron chi connectivity index (χ3n) is 6.52. The van der Waals surface area contributed by atoms with Crippen LogP contribution in [0.1, 0.15) is 49.8 Å². The average Bonchev–Trinajstić information content (AvgIpc) is 2.95. The Balaban J connectivity index is 1.58. The number of rotatable bonds is 7. The minimum atomic E-state index is 0.597. The van der Waals surface area contributed by atoms with Gasteiger partial charge >= 0.3 is 0 Å². The first kappa shape index (κ1) is 22.5.